The number of aromatic amines is 1. The first-order valence-corrected chi connectivity index (χ1v) is 8.03. The van der Waals surface area contributed by atoms with Crippen LogP contribution in [0, 0.1) is 0 Å². The summed E-state index contributed by atoms with van der Waals surface area (Å²) in [6, 6.07) is 7.06. The van der Waals surface area contributed by atoms with Gasteiger partial charge < -0.3 is 4.98 Å². The lowest BCUT2D eigenvalue weighted by Gasteiger charge is -2.05. The van der Waals surface area contributed by atoms with Gasteiger partial charge in [0.25, 0.3) is 0 Å². The van der Waals surface area contributed by atoms with Crippen LogP contribution in [0.4, 0.5) is 7.77 Å². The van der Waals surface area contributed by atoms with Gasteiger partial charge in [0, 0.05) is 34.9 Å². The van der Waals surface area contributed by atoms with Crippen LogP contribution in [0.15, 0.2) is 52.8 Å². The molecule has 0 saturated heterocycles. The molecule has 0 radical (unpaired) electrons. The molecule has 4 aromatic rings. The molecular formula is C15H8F2N4S2. The van der Waals surface area contributed by atoms with Crippen molar-refractivity contribution in [3.63, 3.8) is 0 Å². The van der Waals surface area contributed by atoms with Gasteiger partial charge in [-0.2, -0.15) is 7.77 Å². The van der Waals surface area contributed by atoms with Crippen LogP contribution in [-0.4, -0.2) is 19.9 Å². The van der Waals surface area contributed by atoms with E-state index in [-0.39, 0.29) is 29.3 Å². The lowest BCUT2D eigenvalue weighted by Crippen LogP contribution is -1.90. The molecule has 0 aliphatic rings. The maximum absolute atomic E-state index is 13.1. The Morgan fingerprint density at radius 3 is 2.74 bits per heavy atom. The summed E-state index contributed by atoms with van der Waals surface area (Å²) in [5, 5.41) is 2.05. The molecule has 4 aromatic heterocycles. The van der Waals surface area contributed by atoms with Crippen molar-refractivity contribution >= 4 is 46.2 Å². The summed E-state index contributed by atoms with van der Waals surface area (Å²) < 4.78 is 25.9. The van der Waals surface area contributed by atoms with Crippen LogP contribution in [0.2, 0.25) is 0 Å². The fourth-order valence-corrected chi connectivity index (χ4v) is 3.08. The number of hydrogen-bond donors (Lipinski definition) is 1. The van der Waals surface area contributed by atoms with Gasteiger partial charge >= 0.3 is 0 Å². The summed E-state index contributed by atoms with van der Waals surface area (Å²) in [6.45, 7) is 0. The molecule has 1 N–H and O–H groups in total. The Kier molecular flexibility index (Phi) is 3.62. The minimum Gasteiger partial charge on any atom is -0.339 e. The Morgan fingerprint density at radius 2 is 1.91 bits per heavy atom. The van der Waals surface area contributed by atoms with E-state index < -0.39 is 0 Å². The molecule has 0 amide bonds. The van der Waals surface area contributed by atoms with Crippen LogP contribution in [0.3, 0.4) is 0 Å². The fourth-order valence-electron chi connectivity index (χ4n) is 2.49. The maximum atomic E-state index is 13.1. The zero-order valence-corrected chi connectivity index (χ0v) is 13.1. The molecule has 4 heterocycles. The highest BCUT2D eigenvalue weighted by Gasteiger charge is 2.13. The maximum Gasteiger partial charge on any atom is 0.139 e. The van der Waals surface area contributed by atoms with Crippen molar-refractivity contribution in [3.8, 4) is 11.3 Å². The fraction of sp³-hybridized carbons (Fsp3) is 0. The minimum absolute atomic E-state index is 0.0168. The van der Waals surface area contributed by atoms with Gasteiger partial charge in [0.15, 0.2) is 0 Å². The van der Waals surface area contributed by atoms with E-state index in [0.717, 1.165) is 16.3 Å². The second-order valence-corrected chi connectivity index (χ2v) is 5.98. The minimum atomic E-state index is 0.0168. The molecule has 0 saturated carbocycles. The normalized spacial score (nSPS) is 11.4. The highest BCUT2D eigenvalue weighted by Crippen LogP contribution is 2.34. The van der Waals surface area contributed by atoms with E-state index >= 15 is 0 Å². The average Bonchev–Trinajstić information content (AvgIpc) is 2.98. The van der Waals surface area contributed by atoms with Crippen molar-refractivity contribution in [2.75, 3.05) is 0 Å². The first-order chi connectivity index (χ1) is 11.3. The van der Waals surface area contributed by atoms with Crippen LogP contribution < -0.4 is 0 Å². The van der Waals surface area contributed by atoms with Gasteiger partial charge in [-0.25, -0.2) is 9.97 Å². The quantitative estimate of drug-likeness (QED) is 0.557. The first kappa shape index (κ1) is 14.4. The van der Waals surface area contributed by atoms with Crippen molar-refractivity contribution in [2.45, 2.75) is 9.92 Å². The standard InChI is InChI=1S/C15H8F2N4S2/c16-22-8-5-10(15(23-17)19-6-8)12-2-1-9-11-7-18-4-3-13(11)21-14(9)20-12/h1-7H,(H,20,21). The van der Waals surface area contributed by atoms with Crippen molar-refractivity contribution < 1.29 is 7.77 Å². The Labute approximate surface area is 138 Å². The van der Waals surface area contributed by atoms with Gasteiger partial charge in [-0.05, 0) is 24.3 Å². The number of nitrogens with zero attached hydrogens (tertiary/aromatic N) is 3. The summed E-state index contributed by atoms with van der Waals surface area (Å²) in [7, 11) is 0. The van der Waals surface area contributed by atoms with Crippen LogP contribution in [0.1, 0.15) is 0 Å². The zero-order chi connectivity index (χ0) is 15.8. The molecule has 8 heteroatoms. The third kappa shape index (κ3) is 2.43. The molecule has 0 spiro atoms. The van der Waals surface area contributed by atoms with Crippen molar-refractivity contribution in [2.24, 2.45) is 0 Å². The third-order valence-corrected chi connectivity index (χ3v) is 4.40. The summed E-state index contributed by atoms with van der Waals surface area (Å²) in [5.41, 5.74) is 2.57. The number of rotatable bonds is 3. The lowest BCUT2D eigenvalue weighted by molar-refractivity contribution is 0.909. The van der Waals surface area contributed by atoms with Crippen molar-refractivity contribution in [1.82, 2.24) is 19.9 Å². The van der Waals surface area contributed by atoms with Gasteiger partial charge in [-0.15, -0.1) is 0 Å². The van der Waals surface area contributed by atoms with Gasteiger partial charge in [0.2, 0.25) is 0 Å². The SMILES string of the molecule is FSc1cnc(SF)c(-c2ccc3c(n2)[nH]c2ccncc23)c1. The predicted molar refractivity (Wildman–Crippen MR) is 88.6 cm³/mol. The molecular weight excluding hydrogens is 338 g/mol. The van der Waals surface area contributed by atoms with Crippen LogP contribution in [0.25, 0.3) is 33.2 Å². The lowest BCUT2D eigenvalue weighted by atomic mass is 10.1. The number of aromatic nitrogens is 4. The van der Waals surface area contributed by atoms with Gasteiger partial charge in [-0.3, -0.25) is 4.98 Å². The molecule has 0 fully saturated rings. The van der Waals surface area contributed by atoms with Crippen molar-refractivity contribution in [1.29, 1.82) is 0 Å². The molecule has 114 valence electrons. The Morgan fingerprint density at radius 1 is 1.00 bits per heavy atom. The molecule has 4 rings (SSSR count). The van der Waals surface area contributed by atoms with E-state index in [1.165, 1.54) is 12.3 Å². The van der Waals surface area contributed by atoms with Crippen LogP contribution >= 0.6 is 24.3 Å². The molecule has 0 aliphatic heterocycles. The molecule has 4 nitrogen and oxygen atoms in total. The van der Waals surface area contributed by atoms with Crippen molar-refractivity contribution in [3.05, 3.63) is 42.9 Å². The van der Waals surface area contributed by atoms with E-state index in [1.54, 1.807) is 18.5 Å². The van der Waals surface area contributed by atoms with E-state index in [0.29, 0.717) is 21.8 Å². The van der Waals surface area contributed by atoms with Crippen LogP contribution in [0.5, 0.6) is 0 Å². The summed E-state index contributed by atoms with van der Waals surface area (Å²) >= 11 is 0.0830. The summed E-state index contributed by atoms with van der Waals surface area (Å²) in [5.74, 6) is 0. The topological polar surface area (TPSA) is 54.5 Å². The van der Waals surface area contributed by atoms with E-state index in [4.69, 9.17) is 0 Å². The second-order valence-electron chi connectivity index (χ2n) is 4.82. The van der Waals surface area contributed by atoms with Gasteiger partial charge in [-0.1, -0.05) is 0 Å². The Bertz CT molecular complexity index is 1020. The largest absolute Gasteiger partial charge is 0.339 e. The van der Waals surface area contributed by atoms with E-state index in [9.17, 15) is 7.77 Å². The Hall–Kier alpha value is -2.19. The number of fused-ring (bicyclic) bond motifs is 3. The number of hydrogen-bond acceptors (Lipinski definition) is 5. The predicted octanol–water partition coefficient (Wildman–Crippen LogP) is 5.13. The highest BCUT2D eigenvalue weighted by molar-refractivity contribution is 7.94. The summed E-state index contributed by atoms with van der Waals surface area (Å²) in [6.07, 6.45) is 4.76. The summed E-state index contributed by atoms with van der Waals surface area (Å²) in [4.78, 5) is 16.1. The number of pyridine rings is 3. The first-order valence-electron chi connectivity index (χ1n) is 6.60. The van der Waals surface area contributed by atoms with Gasteiger partial charge in [0.05, 0.1) is 28.3 Å². The molecule has 23 heavy (non-hydrogen) atoms. The van der Waals surface area contributed by atoms with E-state index in [1.807, 2.05) is 12.1 Å². The number of halogens is 2. The zero-order valence-electron chi connectivity index (χ0n) is 11.5. The van der Waals surface area contributed by atoms with Gasteiger partial charge in [0.1, 0.15) is 22.8 Å². The third-order valence-electron chi connectivity index (χ3n) is 3.52. The molecule has 0 aromatic carbocycles. The molecule has 0 unspecified atom stereocenters. The molecule has 0 atom stereocenters. The Balaban J connectivity index is 1.94. The second kappa shape index (κ2) is 5.78. The number of H-pyrrole nitrogens is 1. The highest BCUT2D eigenvalue weighted by atomic mass is 32.2. The smallest absolute Gasteiger partial charge is 0.139 e. The molecule has 0 aliphatic carbocycles. The van der Waals surface area contributed by atoms with Crippen LogP contribution in [-0.2, 0) is 0 Å². The van der Waals surface area contributed by atoms with E-state index in [2.05, 4.69) is 19.9 Å². The average molecular weight is 346 g/mol. The molecule has 0 bridgehead atoms. The monoisotopic (exact) mass is 346 g/mol. The number of nitrogens with one attached hydrogen (secondary N) is 1.